The van der Waals surface area contributed by atoms with Crippen molar-refractivity contribution in [2.45, 2.75) is 6.92 Å². The van der Waals surface area contributed by atoms with Crippen LogP contribution in [0.3, 0.4) is 0 Å². The zero-order chi connectivity index (χ0) is 10.6. The maximum atomic E-state index is 11.3. The van der Waals surface area contributed by atoms with E-state index < -0.39 is 0 Å². The van der Waals surface area contributed by atoms with E-state index in [-0.39, 0.29) is 5.91 Å². The molecule has 0 atom stereocenters. The van der Waals surface area contributed by atoms with Gasteiger partial charge in [0.2, 0.25) is 0 Å². The van der Waals surface area contributed by atoms with Gasteiger partial charge in [-0.1, -0.05) is 18.7 Å². The molecule has 0 heterocycles. The lowest BCUT2D eigenvalue weighted by molar-refractivity contribution is -0.112. The molecule has 14 heavy (non-hydrogen) atoms. The van der Waals surface area contributed by atoms with Crippen molar-refractivity contribution >= 4 is 17.9 Å². The molecule has 0 fully saturated rings. The topological polar surface area (TPSA) is 46.2 Å². The lowest BCUT2D eigenvalue weighted by Crippen LogP contribution is -2.13. The van der Waals surface area contributed by atoms with Gasteiger partial charge in [-0.15, -0.1) is 0 Å². The van der Waals surface area contributed by atoms with Crippen molar-refractivity contribution in [3.63, 3.8) is 0 Å². The van der Waals surface area contributed by atoms with Gasteiger partial charge in [0.1, 0.15) is 0 Å². The highest BCUT2D eigenvalue weighted by Crippen LogP contribution is 2.13. The molecule has 3 nitrogen and oxygen atoms in total. The lowest BCUT2D eigenvalue weighted by Gasteiger charge is -2.06. The van der Waals surface area contributed by atoms with E-state index in [0.717, 1.165) is 0 Å². The molecule has 0 saturated heterocycles. The number of para-hydroxylation sites is 1. The minimum Gasteiger partial charge on any atom is -0.322 e. The summed E-state index contributed by atoms with van der Waals surface area (Å²) in [7, 11) is 0. The first-order valence-corrected chi connectivity index (χ1v) is 4.16. The van der Waals surface area contributed by atoms with Crippen LogP contribution in [0.15, 0.2) is 36.4 Å². The predicted molar refractivity (Wildman–Crippen MR) is 55.3 cm³/mol. The Morgan fingerprint density at radius 2 is 2.07 bits per heavy atom. The standard InChI is InChI=1S/C11H11NO2/c1-8(2)11(14)12-10-6-4-3-5-9(10)7-13/h3-7H,1H2,2H3,(H,12,14). The van der Waals surface area contributed by atoms with Crippen molar-refractivity contribution in [3.8, 4) is 0 Å². The van der Waals surface area contributed by atoms with Crippen molar-refractivity contribution in [2.75, 3.05) is 5.32 Å². The maximum absolute atomic E-state index is 11.3. The first kappa shape index (κ1) is 10.2. The Kier molecular flexibility index (Phi) is 3.18. The number of amides is 1. The number of hydrogen-bond acceptors (Lipinski definition) is 2. The van der Waals surface area contributed by atoms with Gasteiger partial charge in [-0.25, -0.2) is 0 Å². The number of hydrogen-bond donors (Lipinski definition) is 1. The molecule has 0 saturated carbocycles. The molecule has 0 bridgehead atoms. The zero-order valence-corrected chi connectivity index (χ0v) is 7.91. The van der Waals surface area contributed by atoms with Crippen molar-refractivity contribution in [1.82, 2.24) is 0 Å². The number of aldehydes is 1. The van der Waals surface area contributed by atoms with Crippen LogP contribution in [0, 0.1) is 0 Å². The van der Waals surface area contributed by atoms with E-state index in [1.54, 1.807) is 31.2 Å². The van der Waals surface area contributed by atoms with Gasteiger partial charge in [-0.05, 0) is 19.1 Å². The molecule has 1 amide bonds. The molecule has 72 valence electrons. The maximum Gasteiger partial charge on any atom is 0.250 e. The Balaban J connectivity index is 2.91. The molecule has 0 spiro atoms. The minimum atomic E-state index is -0.278. The van der Waals surface area contributed by atoms with Crippen molar-refractivity contribution < 1.29 is 9.59 Å². The van der Waals surface area contributed by atoms with Gasteiger partial charge < -0.3 is 5.32 Å². The zero-order valence-electron chi connectivity index (χ0n) is 7.91. The summed E-state index contributed by atoms with van der Waals surface area (Å²) in [6.07, 6.45) is 0.702. The van der Waals surface area contributed by atoms with Gasteiger partial charge in [0.25, 0.3) is 5.91 Å². The molecular weight excluding hydrogens is 178 g/mol. The minimum absolute atomic E-state index is 0.278. The largest absolute Gasteiger partial charge is 0.322 e. The molecule has 0 radical (unpaired) electrons. The SMILES string of the molecule is C=C(C)C(=O)Nc1ccccc1C=O. The molecule has 0 aliphatic carbocycles. The van der Waals surface area contributed by atoms with E-state index >= 15 is 0 Å². The van der Waals surface area contributed by atoms with E-state index in [1.807, 2.05) is 0 Å². The van der Waals surface area contributed by atoms with Crippen LogP contribution >= 0.6 is 0 Å². The van der Waals surface area contributed by atoms with E-state index in [9.17, 15) is 9.59 Å². The van der Waals surface area contributed by atoms with E-state index in [0.29, 0.717) is 23.1 Å². The van der Waals surface area contributed by atoms with Gasteiger partial charge in [-0.2, -0.15) is 0 Å². The fourth-order valence-electron chi connectivity index (χ4n) is 0.943. The van der Waals surface area contributed by atoms with Crippen LogP contribution in [0.4, 0.5) is 5.69 Å². The summed E-state index contributed by atoms with van der Waals surface area (Å²) in [6.45, 7) is 5.12. The summed E-state index contributed by atoms with van der Waals surface area (Å²) < 4.78 is 0. The van der Waals surface area contributed by atoms with Crippen LogP contribution in [0.2, 0.25) is 0 Å². The van der Waals surface area contributed by atoms with E-state index in [4.69, 9.17) is 0 Å². The molecule has 1 aromatic rings. The molecule has 0 aliphatic heterocycles. The fraction of sp³-hybridized carbons (Fsp3) is 0.0909. The highest BCUT2D eigenvalue weighted by Gasteiger charge is 2.05. The van der Waals surface area contributed by atoms with Crippen molar-refractivity contribution in [3.05, 3.63) is 42.0 Å². The Hall–Kier alpha value is -1.90. The molecule has 0 aromatic heterocycles. The van der Waals surface area contributed by atoms with Gasteiger partial charge in [0.15, 0.2) is 6.29 Å². The number of rotatable bonds is 3. The highest BCUT2D eigenvalue weighted by atomic mass is 16.1. The summed E-state index contributed by atoms with van der Waals surface area (Å²) in [5.74, 6) is -0.278. The first-order chi connectivity index (χ1) is 6.65. The molecular formula is C11H11NO2. The second kappa shape index (κ2) is 4.37. The van der Waals surface area contributed by atoms with Gasteiger partial charge >= 0.3 is 0 Å². The average molecular weight is 189 g/mol. The summed E-state index contributed by atoms with van der Waals surface area (Å²) in [6, 6.07) is 6.80. The van der Waals surface area contributed by atoms with Crippen LogP contribution < -0.4 is 5.32 Å². The summed E-state index contributed by atoms with van der Waals surface area (Å²) in [5, 5.41) is 2.59. The lowest BCUT2D eigenvalue weighted by atomic mass is 10.2. The summed E-state index contributed by atoms with van der Waals surface area (Å²) in [4.78, 5) is 21.9. The molecule has 1 rings (SSSR count). The van der Waals surface area contributed by atoms with Gasteiger partial charge in [0.05, 0.1) is 5.69 Å². The normalized spacial score (nSPS) is 9.21. The molecule has 0 unspecified atom stereocenters. The monoisotopic (exact) mass is 189 g/mol. The first-order valence-electron chi connectivity index (χ1n) is 4.16. The third-order valence-corrected chi connectivity index (χ3v) is 1.72. The number of benzene rings is 1. The molecule has 1 N–H and O–H groups in total. The quantitative estimate of drug-likeness (QED) is 0.584. The predicted octanol–water partition coefficient (Wildman–Crippen LogP) is 2.01. The fourth-order valence-corrected chi connectivity index (χ4v) is 0.943. The Labute approximate surface area is 82.4 Å². The number of carbonyl (C=O) groups is 2. The van der Waals surface area contributed by atoms with Crippen LogP contribution in [-0.2, 0) is 4.79 Å². The third kappa shape index (κ3) is 2.29. The molecule has 1 aromatic carbocycles. The summed E-state index contributed by atoms with van der Waals surface area (Å²) >= 11 is 0. The summed E-state index contributed by atoms with van der Waals surface area (Å²) in [5.41, 5.74) is 1.38. The second-order valence-corrected chi connectivity index (χ2v) is 2.94. The van der Waals surface area contributed by atoms with Crippen LogP contribution in [0.25, 0.3) is 0 Å². The van der Waals surface area contributed by atoms with Gasteiger partial charge in [0, 0.05) is 11.1 Å². The smallest absolute Gasteiger partial charge is 0.250 e. The van der Waals surface area contributed by atoms with Crippen LogP contribution in [-0.4, -0.2) is 12.2 Å². The molecule has 3 heteroatoms. The Bertz CT molecular complexity index is 383. The third-order valence-electron chi connectivity index (χ3n) is 1.72. The van der Waals surface area contributed by atoms with Crippen molar-refractivity contribution in [2.24, 2.45) is 0 Å². The number of carbonyl (C=O) groups excluding carboxylic acids is 2. The number of anilines is 1. The van der Waals surface area contributed by atoms with Crippen LogP contribution in [0.5, 0.6) is 0 Å². The number of nitrogens with one attached hydrogen (secondary N) is 1. The van der Waals surface area contributed by atoms with Crippen molar-refractivity contribution in [1.29, 1.82) is 0 Å². The highest BCUT2D eigenvalue weighted by molar-refractivity contribution is 6.05. The molecule has 0 aliphatic rings. The van der Waals surface area contributed by atoms with Gasteiger partial charge in [-0.3, -0.25) is 9.59 Å². The van der Waals surface area contributed by atoms with E-state index in [1.165, 1.54) is 0 Å². The Morgan fingerprint density at radius 3 is 2.64 bits per heavy atom. The Morgan fingerprint density at radius 1 is 1.43 bits per heavy atom. The second-order valence-electron chi connectivity index (χ2n) is 2.94. The van der Waals surface area contributed by atoms with Crippen LogP contribution in [0.1, 0.15) is 17.3 Å². The van der Waals surface area contributed by atoms with E-state index in [2.05, 4.69) is 11.9 Å². The average Bonchev–Trinajstić information content (AvgIpc) is 2.18.